The number of aliphatic imine (C=N–C) groups is 1. The van der Waals surface area contributed by atoms with E-state index in [1.165, 1.54) is 22.9 Å². The molecule has 0 saturated carbocycles. The summed E-state index contributed by atoms with van der Waals surface area (Å²) >= 11 is 1.48. The second-order valence-corrected chi connectivity index (χ2v) is 8.38. The summed E-state index contributed by atoms with van der Waals surface area (Å²) in [5.74, 6) is -0.148. The van der Waals surface area contributed by atoms with Crippen LogP contribution >= 0.6 is 11.8 Å². The standard InChI is InChI=1S/C21H25N5OS/c1-15-4-6-17(7-5-15)14-25-8-10-26(11-9-25)21-23-20(27)19(28-21)12-18-13-22-24(3)16(18)2/h4-7,12-13H,8-11,14H2,1-3H3/b19-12-. The zero-order valence-corrected chi connectivity index (χ0v) is 17.4. The van der Waals surface area contributed by atoms with Crippen LogP contribution in [0.2, 0.25) is 0 Å². The van der Waals surface area contributed by atoms with E-state index in [0.29, 0.717) is 4.91 Å². The van der Waals surface area contributed by atoms with Crippen molar-refractivity contribution in [1.29, 1.82) is 0 Å². The van der Waals surface area contributed by atoms with Gasteiger partial charge in [0.25, 0.3) is 5.91 Å². The van der Waals surface area contributed by atoms with Crippen molar-refractivity contribution in [2.45, 2.75) is 20.4 Å². The number of aryl methyl sites for hydroxylation is 2. The highest BCUT2D eigenvalue weighted by molar-refractivity contribution is 8.18. The lowest BCUT2D eigenvalue weighted by atomic mass is 10.1. The Morgan fingerprint density at radius 1 is 1.11 bits per heavy atom. The molecule has 7 heteroatoms. The van der Waals surface area contributed by atoms with Gasteiger partial charge in [0.05, 0.1) is 11.1 Å². The molecule has 0 aliphatic carbocycles. The van der Waals surface area contributed by atoms with Crippen molar-refractivity contribution >= 4 is 28.9 Å². The molecule has 0 N–H and O–H groups in total. The molecule has 0 bridgehead atoms. The van der Waals surface area contributed by atoms with E-state index in [2.05, 4.69) is 51.1 Å². The molecule has 0 atom stereocenters. The molecule has 0 radical (unpaired) electrons. The number of amidine groups is 1. The summed E-state index contributed by atoms with van der Waals surface area (Å²) in [6.45, 7) is 8.82. The zero-order valence-electron chi connectivity index (χ0n) is 16.6. The number of carbonyl (C=O) groups excluding carboxylic acids is 1. The van der Waals surface area contributed by atoms with Gasteiger partial charge in [-0.2, -0.15) is 10.1 Å². The molecule has 3 heterocycles. The Morgan fingerprint density at radius 3 is 2.46 bits per heavy atom. The Bertz CT molecular complexity index is 936. The third kappa shape index (κ3) is 4.05. The van der Waals surface area contributed by atoms with Gasteiger partial charge in [-0.3, -0.25) is 14.4 Å². The van der Waals surface area contributed by atoms with E-state index < -0.39 is 0 Å². The maximum Gasteiger partial charge on any atom is 0.286 e. The lowest BCUT2D eigenvalue weighted by Crippen LogP contribution is -2.47. The number of hydrogen-bond donors (Lipinski definition) is 0. The summed E-state index contributed by atoms with van der Waals surface area (Å²) in [5.41, 5.74) is 4.65. The third-order valence-electron chi connectivity index (χ3n) is 5.34. The second kappa shape index (κ2) is 7.93. The molecular weight excluding hydrogens is 370 g/mol. The van der Waals surface area contributed by atoms with Crippen LogP contribution in [-0.2, 0) is 18.4 Å². The highest BCUT2D eigenvalue weighted by Gasteiger charge is 2.28. The average molecular weight is 396 g/mol. The molecule has 1 amide bonds. The van der Waals surface area contributed by atoms with E-state index in [1.54, 1.807) is 6.20 Å². The minimum absolute atomic E-state index is 0.148. The van der Waals surface area contributed by atoms with Crippen LogP contribution in [0.25, 0.3) is 6.08 Å². The van der Waals surface area contributed by atoms with Gasteiger partial charge in [-0.15, -0.1) is 0 Å². The molecule has 146 valence electrons. The Hall–Kier alpha value is -2.38. The van der Waals surface area contributed by atoms with Crippen molar-refractivity contribution in [3.05, 3.63) is 57.8 Å². The highest BCUT2D eigenvalue weighted by atomic mass is 32.2. The maximum atomic E-state index is 12.3. The maximum absolute atomic E-state index is 12.3. The molecule has 4 rings (SSSR count). The third-order valence-corrected chi connectivity index (χ3v) is 6.38. The largest absolute Gasteiger partial charge is 0.348 e. The van der Waals surface area contributed by atoms with Crippen molar-refractivity contribution in [3.63, 3.8) is 0 Å². The summed E-state index contributed by atoms with van der Waals surface area (Å²) < 4.78 is 1.81. The second-order valence-electron chi connectivity index (χ2n) is 7.37. The Kier molecular flexibility index (Phi) is 5.37. The van der Waals surface area contributed by atoms with Crippen LogP contribution in [0.5, 0.6) is 0 Å². The van der Waals surface area contributed by atoms with Gasteiger partial charge >= 0.3 is 0 Å². The molecule has 6 nitrogen and oxygen atoms in total. The van der Waals surface area contributed by atoms with Crippen LogP contribution in [0.15, 0.2) is 40.4 Å². The number of carbonyl (C=O) groups is 1. The molecule has 1 saturated heterocycles. The van der Waals surface area contributed by atoms with Crippen LogP contribution < -0.4 is 0 Å². The Balaban J connectivity index is 1.35. The van der Waals surface area contributed by atoms with Crippen molar-refractivity contribution < 1.29 is 4.79 Å². The SMILES string of the molecule is Cc1ccc(CN2CCN(C3=NC(=O)/C(=C/c4cnn(C)c4C)S3)CC2)cc1. The van der Waals surface area contributed by atoms with Crippen molar-refractivity contribution in [1.82, 2.24) is 19.6 Å². The van der Waals surface area contributed by atoms with Crippen molar-refractivity contribution in [2.75, 3.05) is 26.2 Å². The number of rotatable bonds is 3. The number of thioether (sulfide) groups is 1. The Labute approximate surface area is 169 Å². The monoisotopic (exact) mass is 395 g/mol. The van der Waals surface area contributed by atoms with E-state index in [4.69, 9.17) is 0 Å². The number of amides is 1. The van der Waals surface area contributed by atoms with Gasteiger partial charge in [-0.25, -0.2) is 0 Å². The van der Waals surface area contributed by atoms with Gasteiger partial charge < -0.3 is 4.90 Å². The van der Waals surface area contributed by atoms with Crippen LogP contribution in [0.3, 0.4) is 0 Å². The van der Waals surface area contributed by atoms with E-state index in [-0.39, 0.29) is 5.91 Å². The number of piperazine rings is 1. The molecule has 2 aliphatic heterocycles. The predicted molar refractivity (Wildman–Crippen MR) is 114 cm³/mol. The van der Waals surface area contributed by atoms with Gasteiger partial charge in [-0.05, 0) is 37.2 Å². The first-order chi connectivity index (χ1) is 13.5. The van der Waals surface area contributed by atoms with Crippen LogP contribution in [0.1, 0.15) is 22.4 Å². The highest BCUT2D eigenvalue weighted by Crippen LogP contribution is 2.31. The zero-order chi connectivity index (χ0) is 19.7. The van der Waals surface area contributed by atoms with E-state index >= 15 is 0 Å². The molecule has 28 heavy (non-hydrogen) atoms. The van der Waals surface area contributed by atoms with Crippen molar-refractivity contribution in [2.24, 2.45) is 12.0 Å². The smallest absolute Gasteiger partial charge is 0.286 e. The summed E-state index contributed by atoms with van der Waals surface area (Å²) in [5, 5.41) is 5.06. The fraction of sp³-hybridized carbons (Fsp3) is 0.381. The van der Waals surface area contributed by atoms with E-state index in [0.717, 1.165) is 49.1 Å². The molecular formula is C21H25N5OS. The lowest BCUT2D eigenvalue weighted by molar-refractivity contribution is -0.113. The van der Waals surface area contributed by atoms with Gasteiger partial charge in [0.2, 0.25) is 0 Å². The topological polar surface area (TPSA) is 53.7 Å². The van der Waals surface area contributed by atoms with E-state index in [9.17, 15) is 4.79 Å². The Morgan fingerprint density at radius 2 is 1.82 bits per heavy atom. The fourth-order valence-electron chi connectivity index (χ4n) is 3.38. The number of aromatic nitrogens is 2. The van der Waals surface area contributed by atoms with Gasteiger partial charge in [0.15, 0.2) is 5.17 Å². The quantitative estimate of drug-likeness (QED) is 0.748. The number of hydrogen-bond acceptors (Lipinski definition) is 5. The fourth-order valence-corrected chi connectivity index (χ4v) is 4.34. The normalized spacial score (nSPS) is 19.5. The molecule has 2 aromatic rings. The summed E-state index contributed by atoms with van der Waals surface area (Å²) in [6.07, 6.45) is 3.69. The first-order valence-electron chi connectivity index (χ1n) is 9.53. The molecule has 1 aromatic carbocycles. The van der Waals surface area contributed by atoms with Crippen LogP contribution in [0, 0.1) is 13.8 Å². The average Bonchev–Trinajstić information content (AvgIpc) is 3.21. The van der Waals surface area contributed by atoms with Gasteiger partial charge in [0, 0.05) is 51.0 Å². The summed E-state index contributed by atoms with van der Waals surface area (Å²) in [4.78, 5) is 22.0. The predicted octanol–water partition coefficient (Wildman–Crippen LogP) is 2.83. The molecule has 0 unspecified atom stereocenters. The van der Waals surface area contributed by atoms with Gasteiger partial charge in [0.1, 0.15) is 0 Å². The van der Waals surface area contributed by atoms with E-state index in [1.807, 2.05) is 24.7 Å². The minimum atomic E-state index is -0.148. The van der Waals surface area contributed by atoms with Crippen LogP contribution in [-0.4, -0.2) is 56.8 Å². The number of benzene rings is 1. The lowest BCUT2D eigenvalue weighted by Gasteiger charge is -2.35. The van der Waals surface area contributed by atoms with Crippen LogP contribution in [0.4, 0.5) is 0 Å². The van der Waals surface area contributed by atoms with Gasteiger partial charge in [-0.1, -0.05) is 29.8 Å². The molecule has 1 fully saturated rings. The van der Waals surface area contributed by atoms with Crippen molar-refractivity contribution in [3.8, 4) is 0 Å². The summed E-state index contributed by atoms with van der Waals surface area (Å²) in [6, 6.07) is 8.74. The number of nitrogens with zero attached hydrogens (tertiary/aromatic N) is 5. The minimum Gasteiger partial charge on any atom is -0.348 e. The molecule has 2 aliphatic rings. The first-order valence-corrected chi connectivity index (χ1v) is 10.4. The summed E-state index contributed by atoms with van der Waals surface area (Å²) in [7, 11) is 1.90. The first kappa shape index (κ1) is 19.0. The molecule has 1 aromatic heterocycles. The molecule has 0 spiro atoms.